The van der Waals surface area contributed by atoms with E-state index in [0.29, 0.717) is 56.4 Å². The highest BCUT2D eigenvalue weighted by molar-refractivity contribution is 6.39. The van der Waals surface area contributed by atoms with Crippen LogP contribution in [0.3, 0.4) is 0 Å². The van der Waals surface area contributed by atoms with Crippen LogP contribution < -0.4 is 0 Å². The van der Waals surface area contributed by atoms with Gasteiger partial charge in [0.05, 0.1) is 18.3 Å². The lowest BCUT2D eigenvalue weighted by Crippen LogP contribution is -2.61. The van der Waals surface area contributed by atoms with Crippen LogP contribution in [0.25, 0.3) is 0 Å². The molecule has 1 unspecified atom stereocenters. The number of ketones is 3. The molecule has 2 N–H and O–H groups in total. The van der Waals surface area contributed by atoms with Crippen LogP contribution >= 0.6 is 0 Å². The first-order chi connectivity index (χ1) is 30.7. The molecule has 366 valence electrons. The maximum absolute atomic E-state index is 14.4. The summed E-state index contributed by atoms with van der Waals surface area (Å²) in [5.41, 5.74) is 1.30. The van der Waals surface area contributed by atoms with Gasteiger partial charge < -0.3 is 38.8 Å². The van der Waals surface area contributed by atoms with Crippen molar-refractivity contribution in [2.45, 2.75) is 181 Å². The van der Waals surface area contributed by atoms with Crippen LogP contribution in [0.4, 0.5) is 0 Å². The molecule has 0 aromatic heterocycles. The third kappa shape index (κ3) is 14.3. The van der Waals surface area contributed by atoms with E-state index in [1.807, 2.05) is 58.1 Å². The van der Waals surface area contributed by atoms with Gasteiger partial charge in [-0.05, 0) is 113 Å². The van der Waals surface area contributed by atoms with E-state index < -0.39 is 77.8 Å². The molecule has 13 nitrogen and oxygen atoms in total. The number of fused-ring (bicyclic) bond motifs is 3. The van der Waals surface area contributed by atoms with Crippen LogP contribution in [0.15, 0.2) is 47.6 Å². The van der Waals surface area contributed by atoms with Crippen molar-refractivity contribution in [1.82, 2.24) is 4.90 Å². The SMILES string of the molecule is CO[C@H]1C[C@@H]2CC[C@@H](C)[C@@](O)(O2)C(=O)C(=O)N2CCCC[C@H]2C(=O)O[C@H]([C@H](C)CC2CC[C@H](C)[C@H](OC)C2)CC(=O)[C@H](C)/C=C(\C)[C@@H](O)[C@@H](OC)C(=O)[C@H](C)C[C@H](C)/C=C/C=C/C=C/1C. The number of carbonyl (C=O) groups is 5. The Kier molecular flexibility index (Phi) is 21.0. The molecule has 3 aliphatic heterocycles. The van der Waals surface area contributed by atoms with E-state index in [4.69, 9.17) is 23.7 Å². The average molecular weight is 912 g/mol. The molecular formula is C52H81NO12. The summed E-state index contributed by atoms with van der Waals surface area (Å²) in [7, 11) is 4.70. The lowest BCUT2D eigenvalue weighted by atomic mass is 9.76. The predicted molar refractivity (Wildman–Crippen MR) is 248 cm³/mol. The topological polar surface area (TPSA) is 175 Å². The van der Waals surface area contributed by atoms with Crippen LogP contribution in [0.5, 0.6) is 0 Å². The Morgan fingerprint density at radius 2 is 1.57 bits per heavy atom. The van der Waals surface area contributed by atoms with Gasteiger partial charge >= 0.3 is 5.97 Å². The number of carbonyl (C=O) groups excluding carboxylic acids is 5. The zero-order valence-corrected chi connectivity index (χ0v) is 41.2. The zero-order chi connectivity index (χ0) is 48.2. The molecule has 0 aromatic rings. The van der Waals surface area contributed by atoms with Gasteiger partial charge in [0.1, 0.15) is 30.1 Å². The van der Waals surface area contributed by atoms with Crippen molar-refractivity contribution in [2.75, 3.05) is 27.9 Å². The summed E-state index contributed by atoms with van der Waals surface area (Å²) in [6, 6.07) is -1.11. The van der Waals surface area contributed by atoms with Gasteiger partial charge in [-0.3, -0.25) is 19.2 Å². The second-order valence-electron chi connectivity index (χ2n) is 20.0. The number of hydrogen-bond donors (Lipinski definition) is 2. The average Bonchev–Trinajstić information content (AvgIpc) is 3.28. The van der Waals surface area contributed by atoms with Gasteiger partial charge in [0, 0.05) is 58.5 Å². The maximum Gasteiger partial charge on any atom is 0.329 e. The molecule has 13 heteroatoms. The number of aliphatic hydroxyl groups excluding tert-OH is 1. The number of rotatable bonds is 6. The van der Waals surface area contributed by atoms with Gasteiger partial charge in [-0.25, -0.2) is 4.79 Å². The number of cyclic esters (lactones) is 1. The monoisotopic (exact) mass is 912 g/mol. The minimum absolute atomic E-state index is 0.0304. The molecule has 2 bridgehead atoms. The number of amides is 1. The van der Waals surface area contributed by atoms with Crippen molar-refractivity contribution in [1.29, 1.82) is 0 Å². The molecule has 65 heavy (non-hydrogen) atoms. The number of ether oxygens (including phenoxy) is 5. The van der Waals surface area contributed by atoms with Gasteiger partial charge in [0.25, 0.3) is 11.7 Å². The number of piperidine rings is 1. The summed E-state index contributed by atoms with van der Waals surface area (Å²) >= 11 is 0. The fraction of sp³-hybridized carbons (Fsp3) is 0.750. The number of allylic oxidation sites excluding steroid dienone is 6. The molecule has 0 spiro atoms. The Morgan fingerprint density at radius 3 is 2.25 bits per heavy atom. The smallest absolute Gasteiger partial charge is 0.329 e. The number of hydrogen-bond acceptors (Lipinski definition) is 12. The van der Waals surface area contributed by atoms with Crippen molar-refractivity contribution < 1.29 is 57.9 Å². The molecule has 1 aliphatic carbocycles. The minimum Gasteiger partial charge on any atom is -0.460 e. The minimum atomic E-state index is -2.41. The highest BCUT2D eigenvalue weighted by Gasteiger charge is 2.53. The first-order valence-corrected chi connectivity index (χ1v) is 24.2. The summed E-state index contributed by atoms with van der Waals surface area (Å²) in [4.78, 5) is 71.9. The first-order valence-electron chi connectivity index (χ1n) is 24.2. The first kappa shape index (κ1) is 54.3. The predicted octanol–water partition coefficient (Wildman–Crippen LogP) is 7.46. The van der Waals surface area contributed by atoms with Gasteiger partial charge in [-0.1, -0.05) is 78.0 Å². The van der Waals surface area contributed by atoms with Crippen molar-refractivity contribution in [3.8, 4) is 0 Å². The van der Waals surface area contributed by atoms with E-state index in [2.05, 4.69) is 6.92 Å². The van der Waals surface area contributed by atoms with Crippen LogP contribution in [0.1, 0.15) is 132 Å². The van der Waals surface area contributed by atoms with E-state index in [0.717, 1.165) is 24.8 Å². The second kappa shape index (κ2) is 25.2. The molecule has 0 aromatic carbocycles. The number of esters is 1. The number of methoxy groups -OCH3 is 3. The molecule has 1 amide bonds. The normalized spacial score (nSPS) is 40.4. The quantitative estimate of drug-likeness (QED) is 0.153. The molecule has 1 saturated carbocycles. The Bertz CT molecular complexity index is 1750. The van der Waals surface area contributed by atoms with E-state index >= 15 is 0 Å². The van der Waals surface area contributed by atoms with Crippen molar-refractivity contribution in [3.63, 3.8) is 0 Å². The fourth-order valence-electron chi connectivity index (χ4n) is 10.4. The van der Waals surface area contributed by atoms with Gasteiger partial charge in [0.2, 0.25) is 5.79 Å². The van der Waals surface area contributed by atoms with Crippen molar-refractivity contribution in [2.24, 2.45) is 41.4 Å². The van der Waals surface area contributed by atoms with Gasteiger partial charge in [0.15, 0.2) is 5.78 Å². The molecule has 4 aliphatic rings. The lowest BCUT2D eigenvalue weighted by Gasteiger charge is -2.42. The molecule has 3 fully saturated rings. The Morgan fingerprint density at radius 1 is 0.846 bits per heavy atom. The number of nitrogens with zero attached hydrogens (tertiary/aromatic N) is 1. The second-order valence-corrected chi connectivity index (χ2v) is 20.0. The van der Waals surface area contributed by atoms with Crippen molar-refractivity contribution in [3.05, 3.63) is 47.6 Å². The summed E-state index contributed by atoms with van der Waals surface area (Å²) in [5, 5.41) is 23.4. The summed E-state index contributed by atoms with van der Waals surface area (Å²) < 4.78 is 29.7. The van der Waals surface area contributed by atoms with Crippen LogP contribution in [0.2, 0.25) is 0 Å². The van der Waals surface area contributed by atoms with Crippen LogP contribution in [0, 0.1) is 41.4 Å². The highest BCUT2D eigenvalue weighted by Crippen LogP contribution is 2.38. The van der Waals surface area contributed by atoms with E-state index in [-0.39, 0.29) is 54.8 Å². The molecule has 4 rings (SSSR count). The molecular weight excluding hydrogens is 831 g/mol. The molecule has 3 heterocycles. The van der Waals surface area contributed by atoms with E-state index in [9.17, 15) is 34.2 Å². The Hall–Kier alpha value is -3.33. The Labute approximate surface area is 388 Å². The molecule has 2 saturated heterocycles. The standard InChI is InChI=1S/C52H81NO12/c1-31-17-13-12-14-18-32(2)44(62-10)29-40-23-21-38(8)52(60,65-40)49(57)50(58)53-24-16-15-19-41(53)51(59)64-45(35(5)27-39-22-20-33(3)43(28-39)61-9)30-42(54)34(4)26-37(7)47(56)48(63-11)46(55)36(6)25-31/h12-14,17-18,26,31,33-36,38-41,43-45,47-48,56,60H,15-16,19-25,27-30H2,1-11H3/b14-12+,17-13+,32-18+,37-26+/t31-,33+,34-,35-,36-,38-,39?,40+,41+,43-,44+,45+,47-,48+,52-/m1/s1. The zero-order valence-electron chi connectivity index (χ0n) is 41.2. The third-order valence-electron chi connectivity index (χ3n) is 14.8. The van der Waals surface area contributed by atoms with E-state index in [1.54, 1.807) is 41.1 Å². The molecule has 0 radical (unpaired) electrons. The van der Waals surface area contributed by atoms with Gasteiger partial charge in [-0.2, -0.15) is 0 Å². The van der Waals surface area contributed by atoms with Gasteiger partial charge in [-0.15, -0.1) is 0 Å². The largest absolute Gasteiger partial charge is 0.460 e. The summed E-state index contributed by atoms with van der Waals surface area (Å²) in [6.07, 6.45) is 13.6. The summed E-state index contributed by atoms with van der Waals surface area (Å²) in [6.45, 7) is 15.1. The maximum atomic E-state index is 14.4. The fourth-order valence-corrected chi connectivity index (χ4v) is 10.4. The van der Waals surface area contributed by atoms with E-state index in [1.165, 1.54) is 12.0 Å². The Balaban J connectivity index is 1.70. The number of aliphatic hydroxyl groups is 2. The van der Waals surface area contributed by atoms with Crippen molar-refractivity contribution >= 4 is 29.2 Å². The third-order valence-corrected chi connectivity index (χ3v) is 14.8. The summed E-state index contributed by atoms with van der Waals surface area (Å²) in [5.74, 6) is -7.07. The highest BCUT2D eigenvalue weighted by atomic mass is 16.6. The molecule has 15 atom stereocenters. The lowest BCUT2D eigenvalue weighted by molar-refractivity contribution is -0.265. The van der Waals surface area contributed by atoms with Crippen LogP contribution in [-0.2, 0) is 47.7 Å². The number of Topliss-reactive ketones (excluding diaryl/α,β-unsaturated/α-hetero) is 3. The van der Waals surface area contributed by atoms with Crippen LogP contribution in [-0.4, -0.2) is 121 Å².